The predicted molar refractivity (Wildman–Crippen MR) is 76.1 cm³/mol. The summed E-state index contributed by atoms with van der Waals surface area (Å²) in [5, 5.41) is 2.02. The van der Waals surface area contributed by atoms with Gasteiger partial charge < -0.3 is 4.74 Å². The van der Waals surface area contributed by atoms with Crippen LogP contribution in [0.15, 0.2) is 60.2 Å². The first kappa shape index (κ1) is 11.9. The molecule has 0 saturated carbocycles. The van der Waals surface area contributed by atoms with E-state index in [9.17, 15) is 0 Å². The zero-order chi connectivity index (χ0) is 12.9. The number of thiophene rings is 1. The average Bonchev–Trinajstić information content (AvgIpc) is 3.01. The van der Waals surface area contributed by atoms with Gasteiger partial charge in [0.05, 0.1) is 17.3 Å². The van der Waals surface area contributed by atoms with Crippen LogP contribution in [0.2, 0.25) is 0 Å². The summed E-state index contributed by atoms with van der Waals surface area (Å²) in [5.74, 6) is 0.551. The number of rotatable bonds is 4. The highest BCUT2D eigenvalue weighted by Gasteiger charge is 2.03. The molecule has 0 radical (unpaired) electrons. The summed E-state index contributed by atoms with van der Waals surface area (Å²) in [7, 11) is 0. The minimum Gasteiger partial charge on any atom is -0.472 e. The SMILES string of the molecule is c1ccc(COc2cncc(-c3cccs3)n2)cc1. The highest BCUT2D eigenvalue weighted by molar-refractivity contribution is 7.13. The van der Waals surface area contributed by atoms with Crippen molar-refractivity contribution in [2.24, 2.45) is 0 Å². The molecule has 0 N–H and O–H groups in total. The van der Waals surface area contributed by atoms with Crippen LogP contribution in [-0.2, 0) is 6.61 Å². The van der Waals surface area contributed by atoms with E-state index in [4.69, 9.17) is 4.74 Å². The predicted octanol–water partition coefficient (Wildman–Crippen LogP) is 3.78. The van der Waals surface area contributed by atoms with Crippen molar-refractivity contribution >= 4 is 11.3 Å². The maximum Gasteiger partial charge on any atom is 0.233 e. The summed E-state index contributed by atoms with van der Waals surface area (Å²) in [6.45, 7) is 0.503. The third-order valence-electron chi connectivity index (χ3n) is 2.62. The molecule has 0 aliphatic carbocycles. The van der Waals surface area contributed by atoms with E-state index in [1.807, 2.05) is 47.8 Å². The number of benzene rings is 1. The number of hydrogen-bond acceptors (Lipinski definition) is 4. The molecule has 2 aromatic heterocycles. The van der Waals surface area contributed by atoms with Gasteiger partial charge in [0.2, 0.25) is 5.88 Å². The zero-order valence-electron chi connectivity index (χ0n) is 10.2. The van der Waals surface area contributed by atoms with Crippen LogP contribution in [-0.4, -0.2) is 9.97 Å². The molecule has 0 fully saturated rings. The van der Waals surface area contributed by atoms with Gasteiger partial charge in [-0.15, -0.1) is 11.3 Å². The van der Waals surface area contributed by atoms with Crippen molar-refractivity contribution in [3.05, 3.63) is 65.8 Å². The molecule has 0 unspecified atom stereocenters. The Balaban J connectivity index is 1.74. The van der Waals surface area contributed by atoms with Gasteiger partial charge in [-0.3, -0.25) is 4.98 Å². The monoisotopic (exact) mass is 268 g/mol. The van der Waals surface area contributed by atoms with E-state index in [0.29, 0.717) is 12.5 Å². The minimum atomic E-state index is 0.503. The van der Waals surface area contributed by atoms with E-state index >= 15 is 0 Å². The van der Waals surface area contributed by atoms with Crippen LogP contribution in [0.5, 0.6) is 5.88 Å². The number of hydrogen-bond donors (Lipinski definition) is 0. The summed E-state index contributed by atoms with van der Waals surface area (Å²) in [6.07, 6.45) is 3.39. The molecular weight excluding hydrogens is 256 g/mol. The fourth-order valence-electron chi connectivity index (χ4n) is 1.69. The molecule has 3 aromatic rings. The van der Waals surface area contributed by atoms with Crippen molar-refractivity contribution < 1.29 is 4.74 Å². The number of aromatic nitrogens is 2. The van der Waals surface area contributed by atoms with Gasteiger partial charge in [0.1, 0.15) is 12.3 Å². The van der Waals surface area contributed by atoms with Gasteiger partial charge >= 0.3 is 0 Å². The zero-order valence-corrected chi connectivity index (χ0v) is 11.0. The van der Waals surface area contributed by atoms with Crippen LogP contribution < -0.4 is 4.74 Å². The molecule has 0 aliphatic rings. The average molecular weight is 268 g/mol. The van der Waals surface area contributed by atoms with E-state index < -0.39 is 0 Å². The fourth-order valence-corrected chi connectivity index (χ4v) is 2.37. The topological polar surface area (TPSA) is 35.0 Å². The Bertz CT molecular complexity index is 638. The molecule has 0 atom stereocenters. The lowest BCUT2D eigenvalue weighted by molar-refractivity contribution is 0.293. The maximum atomic E-state index is 5.66. The number of ether oxygens (including phenoxy) is 1. The van der Waals surface area contributed by atoms with E-state index in [1.54, 1.807) is 23.7 Å². The van der Waals surface area contributed by atoms with Crippen LogP contribution in [0, 0.1) is 0 Å². The quantitative estimate of drug-likeness (QED) is 0.722. The van der Waals surface area contributed by atoms with Crippen LogP contribution >= 0.6 is 11.3 Å². The molecule has 0 saturated heterocycles. The molecule has 3 nitrogen and oxygen atoms in total. The van der Waals surface area contributed by atoms with Crippen molar-refractivity contribution in [1.82, 2.24) is 9.97 Å². The van der Waals surface area contributed by atoms with Gasteiger partial charge in [0.25, 0.3) is 0 Å². The third kappa shape index (κ3) is 2.98. The Morgan fingerprint density at radius 2 is 1.89 bits per heavy atom. The molecular formula is C15H12N2OS. The fraction of sp³-hybridized carbons (Fsp3) is 0.0667. The lowest BCUT2D eigenvalue weighted by Gasteiger charge is -2.05. The van der Waals surface area contributed by atoms with E-state index in [0.717, 1.165) is 16.1 Å². The first-order valence-corrected chi connectivity index (χ1v) is 6.82. The van der Waals surface area contributed by atoms with Crippen molar-refractivity contribution in [1.29, 1.82) is 0 Å². The Labute approximate surface area is 115 Å². The van der Waals surface area contributed by atoms with Crippen molar-refractivity contribution in [2.45, 2.75) is 6.61 Å². The summed E-state index contributed by atoms with van der Waals surface area (Å²) in [5.41, 5.74) is 1.96. The molecule has 0 amide bonds. The first-order valence-electron chi connectivity index (χ1n) is 5.94. The van der Waals surface area contributed by atoms with Gasteiger partial charge in [-0.25, -0.2) is 4.98 Å². The molecule has 4 heteroatoms. The smallest absolute Gasteiger partial charge is 0.233 e. The molecule has 0 bridgehead atoms. The normalized spacial score (nSPS) is 10.3. The third-order valence-corrected chi connectivity index (χ3v) is 3.51. The maximum absolute atomic E-state index is 5.66. The Kier molecular flexibility index (Phi) is 3.51. The molecule has 0 spiro atoms. The van der Waals surface area contributed by atoms with Crippen molar-refractivity contribution in [3.63, 3.8) is 0 Å². The molecule has 94 valence electrons. The van der Waals surface area contributed by atoms with E-state index in [-0.39, 0.29) is 0 Å². The summed E-state index contributed by atoms with van der Waals surface area (Å²) in [6, 6.07) is 14.0. The van der Waals surface area contributed by atoms with Gasteiger partial charge in [0.15, 0.2) is 0 Å². The van der Waals surface area contributed by atoms with Crippen molar-refractivity contribution in [3.8, 4) is 16.5 Å². The highest BCUT2D eigenvalue weighted by Crippen LogP contribution is 2.23. The summed E-state index contributed by atoms with van der Waals surface area (Å²) >= 11 is 1.64. The van der Waals surface area contributed by atoms with Crippen molar-refractivity contribution in [2.75, 3.05) is 0 Å². The van der Waals surface area contributed by atoms with Gasteiger partial charge in [-0.2, -0.15) is 0 Å². The molecule has 19 heavy (non-hydrogen) atoms. The van der Waals surface area contributed by atoms with E-state index in [2.05, 4.69) is 9.97 Å². The Hall–Kier alpha value is -2.20. The second-order valence-corrected chi connectivity index (χ2v) is 4.94. The second-order valence-electron chi connectivity index (χ2n) is 3.99. The van der Waals surface area contributed by atoms with Gasteiger partial charge in [-0.1, -0.05) is 36.4 Å². The molecule has 2 heterocycles. The van der Waals surface area contributed by atoms with E-state index in [1.165, 1.54) is 0 Å². The standard InChI is InChI=1S/C15H12N2OS/c1-2-5-12(6-3-1)11-18-15-10-16-9-13(17-15)14-7-4-8-19-14/h1-10H,11H2. The second kappa shape index (κ2) is 5.63. The van der Waals surface area contributed by atoms with Gasteiger partial charge in [-0.05, 0) is 17.0 Å². The van der Waals surface area contributed by atoms with Crippen LogP contribution in [0.3, 0.4) is 0 Å². The summed E-state index contributed by atoms with van der Waals surface area (Å²) in [4.78, 5) is 9.72. The lowest BCUT2D eigenvalue weighted by atomic mass is 10.2. The molecule has 1 aromatic carbocycles. The highest BCUT2D eigenvalue weighted by atomic mass is 32.1. The Morgan fingerprint density at radius 1 is 1.00 bits per heavy atom. The largest absolute Gasteiger partial charge is 0.472 e. The Morgan fingerprint density at radius 3 is 2.68 bits per heavy atom. The molecule has 0 aliphatic heterocycles. The summed E-state index contributed by atoms with van der Waals surface area (Å²) < 4.78 is 5.66. The first-order chi connectivity index (χ1) is 9.42. The van der Waals surface area contributed by atoms with Gasteiger partial charge in [0, 0.05) is 0 Å². The van der Waals surface area contributed by atoms with Crippen LogP contribution in [0.4, 0.5) is 0 Å². The lowest BCUT2D eigenvalue weighted by Crippen LogP contribution is -1.98. The van der Waals surface area contributed by atoms with Crippen LogP contribution in [0.1, 0.15) is 5.56 Å². The minimum absolute atomic E-state index is 0.503. The number of nitrogens with zero attached hydrogens (tertiary/aromatic N) is 2. The van der Waals surface area contributed by atoms with Crippen LogP contribution in [0.25, 0.3) is 10.6 Å². The molecule has 3 rings (SSSR count).